The van der Waals surface area contributed by atoms with Gasteiger partial charge in [-0.25, -0.2) is 0 Å². The molecule has 0 unspecified atom stereocenters. The van der Waals surface area contributed by atoms with E-state index in [1.807, 2.05) is 0 Å². The predicted molar refractivity (Wildman–Crippen MR) is 73.4 cm³/mol. The Hall–Kier alpha value is -1.06. The molecule has 1 aromatic carbocycles. The third kappa shape index (κ3) is 4.36. The first-order valence-electron chi connectivity index (χ1n) is 6.27. The molecule has 0 saturated carbocycles. The zero-order valence-corrected chi connectivity index (χ0v) is 11.2. The molecule has 0 aliphatic heterocycles. The number of hydrogen-bond donors (Lipinski definition) is 1. The van der Waals surface area contributed by atoms with Crippen molar-refractivity contribution in [3.05, 3.63) is 29.8 Å². The van der Waals surface area contributed by atoms with Gasteiger partial charge in [0, 0.05) is 32.9 Å². The van der Waals surface area contributed by atoms with Crippen molar-refractivity contribution in [1.82, 2.24) is 4.90 Å². The van der Waals surface area contributed by atoms with E-state index in [-0.39, 0.29) is 6.61 Å². The van der Waals surface area contributed by atoms with Gasteiger partial charge in [-0.1, -0.05) is 25.1 Å². The SMILES string of the molecule is CCCN(CCO)Cc1ccccc1N(C)C. The van der Waals surface area contributed by atoms with Gasteiger partial charge >= 0.3 is 0 Å². The monoisotopic (exact) mass is 236 g/mol. The summed E-state index contributed by atoms with van der Waals surface area (Å²) in [5.41, 5.74) is 2.57. The summed E-state index contributed by atoms with van der Waals surface area (Å²) in [5.74, 6) is 0. The van der Waals surface area contributed by atoms with Crippen LogP contribution in [0.25, 0.3) is 0 Å². The van der Waals surface area contributed by atoms with Crippen molar-refractivity contribution in [2.75, 3.05) is 38.7 Å². The first kappa shape index (κ1) is 14.0. The van der Waals surface area contributed by atoms with Crippen molar-refractivity contribution in [2.24, 2.45) is 0 Å². The van der Waals surface area contributed by atoms with E-state index < -0.39 is 0 Å². The van der Waals surface area contributed by atoms with Crippen LogP contribution in [0.2, 0.25) is 0 Å². The molecule has 0 radical (unpaired) electrons. The number of anilines is 1. The quantitative estimate of drug-likeness (QED) is 0.784. The minimum Gasteiger partial charge on any atom is -0.395 e. The van der Waals surface area contributed by atoms with Gasteiger partial charge in [0.25, 0.3) is 0 Å². The topological polar surface area (TPSA) is 26.7 Å². The highest BCUT2D eigenvalue weighted by Crippen LogP contribution is 2.19. The molecular weight excluding hydrogens is 212 g/mol. The molecule has 0 aromatic heterocycles. The zero-order valence-electron chi connectivity index (χ0n) is 11.2. The normalized spacial score (nSPS) is 10.9. The summed E-state index contributed by atoms with van der Waals surface area (Å²) in [4.78, 5) is 4.43. The molecule has 0 heterocycles. The second-order valence-electron chi connectivity index (χ2n) is 4.52. The molecule has 1 rings (SSSR count). The number of rotatable bonds is 7. The Morgan fingerprint density at radius 2 is 1.82 bits per heavy atom. The molecule has 0 atom stereocenters. The van der Waals surface area contributed by atoms with Crippen LogP contribution in [0, 0.1) is 0 Å². The molecule has 3 heteroatoms. The predicted octanol–water partition coefficient (Wildman–Crippen LogP) is 1.96. The van der Waals surface area contributed by atoms with Crippen LogP contribution in [0.15, 0.2) is 24.3 Å². The Morgan fingerprint density at radius 1 is 1.12 bits per heavy atom. The van der Waals surface area contributed by atoms with Gasteiger partial charge < -0.3 is 10.0 Å². The molecule has 0 saturated heterocycles. The second-order valence-corrected chi connectivity index (χ2v) is 4.52. The van der Waals surface area contributed by atoms with Gasteiger partial charge in [0.1, 0.15) is 0 Å². The maximum Gasteiger partial charge on any atom is 0.0558 e. The Morgan fingerprint density at radius 3 is 2.41 bits per heavy atom. The van der Waals surface area contributed by atoms with Gasteiger partial charge in [-0.05, 0) is 24.6 Å². The minimum absolute atomic E-state index is 0.226. The number of nitrogens with zero attached hydrogens (tertiary/aromatic N) is 2. The summed E-state index contributed by atoms with van der Waals surface area (Å²) < 4.78 is 0. The number of aliphatic hydroxyl groups excluding tert-OH is 1. The van der Waals surface area contributed by atoms with E-state index in [9.17, 15) is 0 Å². The average Bonchev–Trinajstić information content (AvgIpc) is 2.30. The molecule has 0 aliphatic rings. The third-order valence-electron chi connectivity index (χ3n) is 2.82. The van der Waals surface area contributed by atoms with Crippen LogP contribution in [0.5, 0.6) is 0 Å². The fraction of sp³-hybridized carbons (Fsp3) is 0.571. The summed E-state index contributed by atoms with van der Waals surface area (Å²) in [6.07, 6.45) is 1.12. The summed E-state index contributed by atoms with van der Waals surface area (Å²) in [6, 6.07) is 8.44. The third-order valence-corrected chi connectivity index (χ3v) is 2.82. The van der Waals surface area contributed by atoms with E-state index in [1.165, 1.54) is 11.3 Å². The van der Waals surface area contributed by atoms with Gasteiger partial charge in [-0.2, -0.15) is 0 Å². The highest BCUT2D eigenvalue weighted by Gasteiger charge is 2.08. The van der Waals surface area contributed by atoms with Crippen molar-refractivity contribution >= 4 is 5.69 Å². The van der Waals surface area contributed by atoms with Crippen LogP contribution in [0.4, 0.5) is 5.69 Å². The van der Waals surface area contributed by atoms with Gasteiger partial charge in [-0.3, -0.25) is 4.90 Å². The zero-order chi connectivity index (χ0) is 12.7. The average molecular weight is 236 g/mol. The summed E-state index contributed by atoms with van der Waals surface area (Å²) >= 11 is 0. The molecule has 96 valence electrons. The Kier molecular flexibility index (Phi) is 6.01. The van der Waals surface area contributed by atoms with Gasteiger partial charge in [0.05, 0.1) is 6.61 Å². The van der Waals surface area contributed by atoms with Crippen molar-refractivity contribution in [3.63, 3.8) is 0 Å². The number of aliphatic hydroxyl groups is 1. The van der Waals surface area contributed by atoms with E-state index in [0.717, 1.165) is 26.1 Å². The molecular formula is C14H24N2O. The smallest absolute Gasteiger partial charge is 0.0558 e. The lowest BCUT2D eigenvalue weighted by Gasteiger charge is -2.24. The summed E-state index contributed by atoms with van der Waals surface area (Å²) in [5, 5.41) is 9.07. The Labute approximate surface area is 105 Å². The Balaban J connectivity index is 2.77. The van der Waals surface area contributed by atoms with Crippen LogP contribution >= 0.6 is 0 Å². The molecule has 17 heavy (non-hydrogen) atoms. The molecule has 0 aliphatic carbocycles. The van der Waals surface area contributed by atoms with E-state index in [1.54, 1.807) is 0 Å². The lowest BCUT2D eigenvalue weighted by atomic mass is 10.1. The van der Waals surface area contributed by atoms with Crippen molar-refractivity contribution in [1.29, 1.82) is 0 Å². The van der Waals surface area contributed by atoms with E-state index in [4.69, 9.17) is 5.11 Å². The molecule has 0 bridgehead atoms. The number of hydrogen-bond acceptors (Lipinski definition) is 3. The molecule has 0 amide bonds. The fourth-order valence-corrected chi connectivity index (χ4v) is 2.05. The summed E-state index contributed by atoms with van der Waals surface area (Å²) in [7, 11) is 4.13. The highest BCUT2D eigenvalue weighted by atomic mass is 16.3. The largest absolute Gasteiger partial charge is 0.395 e. The molecule has 1 aromatic rings. The van der Waals surface area contributed by atoms with E-state index >= 15 is 0 Å². The van der Waals surface area contributed by atoms with Crippen LogP contribution in [0.3, 0.4) is 0 Å². The standard InChI is InChI=1S/C14H24N2O/c1-4-9-16(10-11-17)12-13-7-5-6-8-14(13)15(2)3/h5-8,17H,4,9-12H2,1-3H3. The van der Waals surface area contributed by atoms with Crippen molar-refractivity contribution in [2.45, 2.75) is 19.9 Å². The molecule has 1 N–H and O–H groups in total. The highest BCUT2D eigenvalue weighted by molar-refractivity contribution is 5.52. The molecule has 3 nitrogen and oxygen atoms in total. The van der Waals surface area contributed by atoms with Crippen molar-refractivity contribution < 1.29 is 5.11 Å². The number of benzene rings is 1. The van der Waals surface area contributed by atoms with Crippen LogP contribution in [-0.4, -0.2) is 43.8 Å². The van der Waals surface area contributed by atoms with E-state index in [0.29, 0.717) is 0 Å². The molecule has 0 fully saturated rings. The van der Waals surface area contributed by atoms with Gasteiger partial charge in [0.2, 0.25) is 0 Å². The van der Waals surface area contributed by atoms with Crippen LogP contribution in [0.1, 0.15) is 18.9 Å². The molecule has 0 spiro atoms. The Bertz CT molecular complexity index is 320. The van der Waals surface area contributed by atoms with Crippen LogP contribution in [-0.2, 0) is 6.54 Å². The van der Waals surface area contributed by atoms with E-state index in [2.05, 4.69) is 55.1 Å². The first-order valence-corrected chi connectivity index (χ1v) is 6.27. The van der Waals surface area contributed by atoms with Gasteiger partial charge in [0.15, 0.2) is 0 Å². The lowest BCUT2D eigenvalue weighted by Crippen LogP contribution is -2.28. The van der Waals surface area contributed by atoms with Crippen molar-refractivity contribution in [3.8, 4) is 0 Å². The number of para-hydroxylation sites is 1. The first-order chi connectivity index (χ1) is 8.19. The maximum absolute atomic E-state index is 9.07. The second kappa shape index (κ2) is 7.30. The fourth-order valence-electron chi connectivity index (χ4n) is 2.05. The minimum atomic E-state index is 0.226. The lowest BCUT2D eigenvalue weighted by molar-refractivity contribution is 0.190. The maximum atomic E-state index is 9.07. The van der Waals surface area contributed by atoms with Gasteiger partial charge in [-0.15, -0.1) is 0 Å². The van der Waals surface area contributed by atoms with Crippen LogP contribution < -0.4 is 4.90 Å². The summed E-state index contributed by atoms with van der Waals surface area (Å²) in [6.45, 7) is 5.08.